The van der Waals surface area contributed by atoms with Crippen molar-refractivity contribution in [3.63, 3.8) is 0 Å². The Kier molecular flexibility index (Phi) is 6.96. The molecule has 146 valence electrons. The number of hydrogen-bond donors (Lipinski definition) is 1. The van der Waals surface area contributed by atoms with Crippen LogP contribution in [0.25, 0.3) is 0 Å². The molecule has 0 radical (unpaired) electrons. The second-order valence-corrected chi connectivity index (χ2v) is 8.75. The molecule has 1 N–H and O–H groups in total. The first-order chi connectivity index (χ1) is 12.6. The Morgan fingerprint density at radius 2 is 1.96 bits per heavy atom. The van der Waals surface area contributed by atoms with Gasteiger partial charge in [0, 0.05) is 11.5 Å². The van der Waals surface area contributed by atoms with Crippen molar-refractivity contribution in [1.29, 1.82) is 0 Å². The number of likely N-dealkylation sites (N-methyl/N-ethyl adjacent to an activating group) is 1. The number of hydrogen-bond acceptors (Lipinski definition) is 4. The SMILES string of the molecule is CCOc1ccc(S(=O)(=O)N(C)CC(=O)Nc2ccc(Br)cc2F)cc1C. The zero-order valence-corrected chi connectivity index (χ0v) is 17.5. The molecule has 27 heavy (non-hydrogen) atoms. The Labute approximate surface area is 166 Å². The third-order valence-electron chi connectivity index (χ3n) is 3.73. The molecule has 0 unspecified atom stereocenters. The number of halogens is 2. The zero-order valence-electron chi connectivity index (χ0n) is 15.1. The van der Waals surface area contributed by atoms with Gasteiger partial charge in [-0.15, -0.1) is 0 Å². The minimum absolute atomic E-state index is 0.0223. The highest BCUT2D eigenvalue weighted by Gasteiger charge is 2.24. The lowest BCUT2D eigenvalue weighted by Gasteiger charge is -2.18. The Hall–Kier alpha value is -1.97. The molecule has 2 aromatic carbocycles. The third-order valence-corrected chi connectivity index (χ3v) is 6.02. The van der Waals surface area contributed by atoms with E-state index < -0.39 is 28.3 Å². The van der Waals surface area contributed by atoms with Gasteiger partial charge in [0.2, 0.25) is 15.9 Å². The average Bonchev–Trinajstić information content (AvgIpc) is 2.59. The van der Waals surface area contributed by atoms with E-state index in [4.69, 9.17) is 4.74 Å². The Morgan fingerprint density at radius 1 is 1.26 bits per heavy atom. The number of ether oxygens (including phenoxy) is 1. The molecular formula is C18H20BrFN2O4S. The predicted octanol–water partition coefficient (Wildman–Crippen LogP) is 3.55. The lowest BCUT2D eigenvalue weighted by Crippen LogP contribution is -2.35. The van der Waals surface area contributed by atoms with Crippen LogP contribution in [0.4, 0.5) is 10.1 Å². The van der Waals surface area contributed by atoms with Crippen LogP contribution in [0.15, 0.2) is 45.8 Å². The number of nitrogens with zero attached hydrogens (tertiary/aromatic N) is 1. The molecule has 9 heteroatoms. The van der Waals surface area contributed by atoms with Gasteiger partial charge in [-0.25, -0.2) is 12.8 Å². The van der Waals surface area contributed by atoms with E-state index in [0.29, 0.717) is 22.4 Å². The van der Waals surface area contributed by atoms with Crippen LogP contribution in [0.2, 0.25) is 0 Å². The molecule has 0 saturated carbocycles. The predicted molar refractivity (Wildman–Crippen MR) is 105 cm³/mol. The Morgan fingerprint density at radius 3 is 2.56 bits per heavy atom. The van der Waals surface area contributed by atoms with E-state index in [1.807, 2.05) is 6.92 Å². The molecule has 0 spiro atoms. The number of carbonyl (C=O) groups excluding carboxylic acids is 1. The van der Waals surface area contributed by atoms with Crippen molar-refractivity contribution in [1.82, 2.24) is 4.31 Å². The fourth-order valence-corrected chi connectivity index (χ4v) is 3.89. The lowest BCUT2D eigenvalue weighted by atomic mass is 10.2. The molecule has 1 amide bonds. The minimum Gasteiger partial charge on any atom is -0.494 e. The summed E-state index contributed by atoms with van der Waals surface area (Å²) in [7, 11) is -2.59. The fraction of sp³-hybridized carbons (Fsp3) is 0.278. The highest BCUT2D eigenvalue weighted by molar-refractivity contribution is 9.10. The summed E-state index contributed by atoms with van der Waals surface area (Å²) in [5, 5.41) is 2.37. The summed E-state index contributed by atoms with van der Waals surface area (Å²) in [6.45, 7) is 3.60. The summed E-state index contributed by atoms with van der Waals surface area (Å²) in [5.74, 6) is -0.669. The average molecular weight is 459 g/mol. The second-order valence-electron chi connectivity index (χ2n) is 5.79. The Bertz CT molecular complexity index is 950. The largest absolute Gasteiger partial charge is 0.494 e. The third kappa shape index (κ3) is 5.27. The van der Waals surface area contributed by atoms with Crippen molar-refractivity contribution in [2.24, 2.45) is 0 Å². The molecule has 0 atom stereocenters. The van der Waals surface area contributed by atoms with Crippen LogP contribution in [-0.2, 0) is 14.8 Å². The maximum atomic E-state index is 13.8. The van der Waals surface area contributed by atoms with Gasteiger partial charge in [0.05, 0.1) is 23.7 Å². The fourth-order valence-electron chi connectivity index (χ4n) is 2.35. The second kappa shape index (κ2) is 8.81. The van der Waals surface area contributed by atoms with Gasteiger partial charge in [-0.2, -0.15) is 4.31 Å². The van der Waals surface area contributed by atoms with E-state index in [1.54, 1.807) is 19.1 Å². The molecule has 0 fully saturated rings. The molecule has 2 rings (SSSR count). The van der Waals surface area contributed by atoms with E-state index in [0.717, 1.165) is 4.31 Å². The summed E-state index contributed by atoms with van der Waals surface area (Å²) in [6.07, 6.45) is 0. The maximum absolute atomic E-state index is 13.8. The molecule has 2 aromatic rings. The topological polar surface area (TPSA) is 75.7 Å². The van der Waals surface area contributed by atoms with Gasteiger partial charge in [-0.05, 0) is 55.8 Å². The molecule has 0 bridgehead atoms. The molecule has 6 nitrogen and oxygen atoms in total. The number of nitrogens with one attached hydrogen (secondary N) is 1. The lowest BCUT2D eigenvalue weighted by molar-refractivity contribution is -0.116. The molecule has 0 aliphatic rings. The van der Waals surface area contributed by atoms with E-state index >= 15 is 0 Å². The molecule has 0 aliphatic carbocycles. The first kappa shape index (κ1) is 21.3. The van der Waals surface area contributed by atoms with Crippen molar-refractivity contribution < 1.29 is 22.3 Å². The van der Waals surface area contributed by atoms with Gasteiger partial charge in [0.15, 0.2) is 0 Å². The number of carbonyl (C=O) groups is 1. The smallest absolute Gasteiger partial charge is 0.243 e. The molecule has 0 heterocycles. The molecule has 0 saturated heterocycles. The minimum atomic E-state index is -3.88. The summed E-state index contributed by atoms with van der Waals surface area (Å²) in [5.41, 5.74) is 0.651. The van der Waals surface area contributed by atoms with Crippen LogP contribution < -0.4 is 10.1 Å². The molecule has 0 aliphatic heterocycles. The molecular weight excluding hydrogens is 439 g/mol. The van der Waals surface area contributed by atoms with Crippen LogP contribution in [0.3, 0.4) is 0 Å². The van der Waals surface area contributed by atoms with E-state index in [1.165, 1.54) is 31.3 Å². The summed E-state index contributed by atoms with van der Waals surface area (Å²) in [4.78, 5) is 12.2. The number of benzene rings is 2. The Balaban J connectivity index is 2.12. The van der Waals surface area contributed by atoms with E-state index in [9.17, 15) is 17.6 Å². The van der Waals surface area contributed by atoms with Crippen LogP contribution >= 0.6 is 15.9 Å². The normalized spacial score (nSPS) is 11.5. The quantitative estimate of drug-likeness (QED) is 0.687. The highest BCUT2D eigenvalue weighted by Crippen LogP contribution is 2.24. The number of amides is 1. The van der Waals surface area contributed by atoms with Crippen LogP contribution in [0, 0.1) is 12.7 Å². The monoisotopic (exact) mass is 458 g/mol. The molecule has 0 aromatic heterocycles. The van der Waals surface area contributed by atoms with Crippen molar-refractivity contribution in [2.45, 2.75) is 18.7 Å². The van der Waals surface area contributed by atoms with Crippen LogP contribution in [0.1, 0.15) is 12.5 Å². The van der Waals surface area contributed by atoms with E-state index in [2.05, 4.69) is 21.2 Å². The van der Waals surface area contributed by atoms with Gasteiger partial charge in [0.25, 0.3) is 0 Å². The first-order valence-electron chi connectivity index (χ1n) is 8.10. The van der Waals surface area contributed by atoms with Gasteiger partial charge >= 0.3 is 0 Å². The van der Waals surface area contributed by atoms with Crippen molar-refractivity contribution in [3.05, 3.63) is 52.3 Å². The zero-order chi connectivity index (χ0) is 20.2. The summed E-state index contributed by atoms with van der Waals surface area (Å²) >= 11 is 3.13. The number of anilines is 1. The van der Waals surface area contributed by atoms with Crippen molar-refractivity contribution >= 4 is 37.5 Å². The van der Waals surface area contributed by atoms with Gasteiger partial charge in [-0.1, -0.05) is 15.9 Å². The van der Waals surface area contributed by atoms with Crippen LogP contribution in [-0.4, -0.2) is 38.8 Å². The highest BCUT2D eigenvalue weighted by atomic mass is 79.9. The summed E-state index contributed by atoms with van der Waals surface area (Å²) in [6, 6.07) is 8.67. The first-order valence-corrected chi connectivity index (χ1v) is 10.3. The standard InChI is InChI=1S/C18H20BrFN2O4S/c1-4-26-17-8-6-14(9-12(17)2)27(24,25)22(3)11-18(23)21-16-7-5-13(19)10-15(16)20/h5-10H,4,11H2,1-3H3,(H,21,23). The van der Waals surface area contributed by atoms with Gasteiger partial charge in [0.1, 0.15) is 11.6 Å². The number of sulfonamides is 1. The van der Waals surface area contributed by atoms with Gasteiger partial charge < -0.3 is 10.1 Å². The van der Waals surface area contributed by atoms with Gasteiger partial charge in [-0.3, -0.25) is 4.79 Å². The van der Waals surface area contributed by atoms with Crippen LogP contribution in [0.5, 0.6) is 5.75 Å². The van der Waals surface area contributed by atoms with Crippen molar-refractivity contribution in [2.75, 3.05) is 25.5 Å². The number of rotatable bonds is 7. The maximum Gasteiger partial charge on any atom is 0.243 e. The van der Waals surface area contributed by atoms with E-state index in [-0.39, 0.29) is 10.6 Å². The number of aryl methyl sites for hydroxylation is 1. The summed E-state index contributed by atoms with van der Waals surface area (Å²) < 4.78 is 46.0. The van der Waals surface area contributed by atoms with Crippen molar-refractivity contribution in [3.8, 4) is 5.75 Å².